The second-order valence-electron chi connectivity index (χ2n) is 4.78. The van der Waals surface area contributed by atoms with Gasteiger partial charge < -0.3 is 9.47 Å². The van der Waals surface area contributed by atoms with E-state index in [1.165, 1.54) is 11.8 Å². The predicted molar refractivity (Wildman–Crippen MR) is 83.7 cm³/mol. The fourth-order valence-electron chi connectivity index (χ4n) is 2.32. The van der Waals surface area contributed by atoms with E-state index in [2.05, 4.69) is 0 Å². The standard InChI is InChI=1S/C17H16O3S/c1-19-16-4-2-3-5-17(16)21-11-14(18)12-6-7-15-13(10-12)8-9-20-15/h2-7,10H,8-9,11H2,1H3. The molecule has 2 aromatic rings. The van der Waals surface area contributed by atoms with E-state index >= 15 is 0 Å². The van der Waals surface area contributed by atoms with Gasteiger partial charge in [0.1, 0.15) is 11.5 Å². The second kappa shape index (κ2) is 6.22. The van der Waals surface area contributed by atoms with Crippen LogP contribution in [0.4, 0.5) is 0 Å². The first-order chi connectivity index (χ1) is 10.3. The largest absolute Gasteiger partial charge is 0.496 e. The molecule has 3 rings (SSSR count). The van der Waals surface area contributed by atoms with Crippen LogP contribution >= 0.6 is 11.8 Å². The van der Waals surface area contributed by atoms with Crippen molar-refractivity contribution in [2.45, 2.75) is 11.3 Å². The first-order valence-corrected chi connectivity index (χ1v) is 7.81. The minimum absolute atomic E-state index is 0.126. The minimum Gasteiger partial charge on any atom is -0.496 e. The van der Waals surface area contributed by atoms with Crippen LogP contribution in [0.2, 0.25) is 0 Å². The quantitative estimate of drug-likeness (QED) is 0.624. The van der Waals surface area contributed by atoms with Gasteiger partial charge in [-0.05, 0) is 35.9 Å². The Morgan fingerprint density at radius 2 is 2.14 bits per heavy atom. The maximum Gasteiger partial charge on any atom is 0.173 e. The Morgan fingerprint density at radius 3 is 3.00 bits per heavy atom. The lowest BCUT2D eigenvalue weighted by Gasteiger charge is -2.07. The summed E-state index contributed by atoms with van der Waals surface area (Å²) in [6.07, 6.45) is 0.885. The van der Waals surface area contributed by atoms with Gasteiger partial charge in [-0.15, -0.1) is 11.8 Å². The Morgan fingerprint density at radius 1 is 1.29 bits per heavy atom. The zero-order valence-corrected chi connectivity index (χ0v) is 12.6. The van der Waals surface area contributed by atoms with Crippen LogP contribution in [0.3, 0.4) is 0 Å². The number of para-hydroxylation sites is 1. The number of carbonyl (C=O) groups excluding carboxylic acids is 1. The summed E-state index contributed by atoms with van der Waals surface area (Å²) in [4.78, 5) is 13.3. The van der Waals surface area contributed by atoms with Gasteiger partial charge >= 0.3 is 0 Å². The third-order valence-electron chi connectivity index (χ3n) is 3.44. The van der Waals surface area contributed by atoms with Crippen LogP contribution in [0.1, 0.15) is 15.9 Å². The summed E-state index contributed by atoms with van der Waals surface area (Å²) in [6, 6.07) is 13.4. The number of ether oxygens (including phenoxy) is 2. The van der Waals surface area contributed by atoms with Crippen molar-refractivity contribution < 1.29 is 14.3 Å². The molecule has 1 aliphatic heterocycles. The normalized spacial score (nSPS) is 12.6. The molecule has 3 nitrogen and oxygen atoms in total. The minimum atomic E-state index is 0.126. The first kappa shape index (κ1) is 14.0. The van der Waals surface area contributed by atoms with Crippen molar-refractivity contribution in [1.29, 1.82) is 0 Å². The third-order valence-corrected chi connectivity index (χ3v) is 4.49. The van der Waals surface area contributed by atoms with E-state index in [1.807, 2.05) is 42.5 Å². The molecule has 0 bridgehead atoms. The van der Waals surface area contributed by atoms with E-state index < -0.39 is 0 Å². The summed E-state index contributed by atoms with van der Waals surface area (Å²) < 4.78 is 10.8. The van der Waals surface area contributed by atoms with Crippen LogP contribution in [0, 0.1) is 0 Å². The Balaban J connectivity index is 1.69. The van der Waals surface area contributed by atoms with Gasteiger partial charge in [0.15, 0.2) is 5.78 Å². The third kappa shape index (κ3) is 3.05. The molecule has 0 N–H and O–H groups in total. The van der Waals surface area contributed by atoms with Crippen molar-refractivity contribution in [3.8, 4) is 11.5 Å². The van der Waals surface area contributed by atoms with Crippen molar-refractivity contribution in [2.24, 2.45) is 0 Å². The Hall–Kier alpha value is -1.94. The predicted octanol–water partition coefficient (Wildman–Crippen LogP) is 3.61. The van der Waals surface area contributed by atoms with Crippen LogP contribution in [-0.2, 0) is 6.42 Å². The summed E-state index contributed by atoms with van der Waals surface area (Å²) in [6.45, 7) is 0.711. The van der Waals surface area contributed by atoms with Gasteiger partial charge in [0, 0.05) is 16.9 Å². The fourth-order valence-corrected chi connectivity index (χ4v) is 3.25. The summed E-state index contributed by atoms with van der Waals surface area (Å²) >= 11 is 1.50. The number of carbonyl (C=O) groups is 1. The van der Waals surface area contributed by atoms with E-state index in [9.17, 15) is 4.79 Å². The molecule has 0 saturated carbocycles. The Kier molecular flexibility index (Phi) is 4.15. The number of methoxy groups -OCH3 is 1. The van der Waals surface area contributed by atoms with Crippen molar-refractivity contribution in [3.63, 3.8) is 0 Å². The highest BCUT2D eigenvalue weighted by Gasteiger charge is 2.15. The van der Waals surface area contributed by atoms with Crippen LogP contribution in [-0.4, -0.2) is 25.3 Å². The van der Waals surface area contributed by atoms with E-state index in [-0.39, 0.29) is 5.78 Å². The Labute approximate surface area is 128 Å². The lowest BCUT2D eigenvalue weighted by atomic mass is 10.1. The molecule has 0 saturated heterocycles. The van der Waals surface area contributed by atoms with Crippen molar-refractivity contribution in [3.05, 3.63) is 53.6 Å². The van der Waals surface area contributed by atoms with Gasteiger partial charge in [-0.3, -0.25) is 4.79 Å². The molecule has 0 aliphatic carbocycles. The number of hydrogen-bond acceptors (Lipinski definition) is 4. The van der Waals surface area contributed by atoms with Crippen LogP contribution in [0.15, 0.2) is 47.4 Å². The summed E-state index contributed by atoms with van der Waals surface area (Å²) in [7, 11) is 1.64. The molecular weight excluding hydrogens is 284 g/mol. The maximum absolute atomic E-state index is 12.3. The molecule has 21 heavy (non-hydrogen) atoms. The van der Waals surface area contributed by atoms with E-state index in [1.54, 1.807) is 7.11 Å². The number of hydrogen-bond donors (Lipinski definition) is 0. The maximum atomic E-state index is 12.3. The van der Waals surface area contributed by atoms with Crippen LogP contribution < -0.4 is 9.47 Å². The molecule has 108 valence electrons. The highest BCUT2D eigenvalue weighted by Crippen LogP contribution is 2.30. The topological polar surface area (TPSA) is 35.5 Å². The second-order valence-corrected chi connectivity index (χ2v) is 5.80. The van der Waals surface area contributed by atoms with E-state index in [0.717, 1.165) is 33.9 Å². The zero-order chi connectivity index (χ0) is 14.7. The van der Waals surface area contributed by atoms with Gasteiger partial charge in [0.2, 0.25) is 0 Å². The van der Waals surface area contributed by atoms with Gasteiger partial charge in [0.25, 0.3) is 0 Å². The van der Waals surface area contributed by atoms with Gasteiger partial charge in [0.05, 0.1) is 19.5 Å². The average molecular weight is 300 g/mol. The first-order valence-electron chi connectivity index (χ1n) is 6.82. The number of ketones is 1. The van der Waals surface area contributed by atoms with Crippen molar-refractivity contribution in [1.82, 2.24) is 0 Å². The molecule has 2 aromatic carbocycles. The van der Waals surface area contributed by atoms with E-state index in [4.69, 9.17) is 9.47 Å². The molecule has 4 heteroatoms. The van der Waals surface area contributed by atoms with Gasteiger partial charge in [-0.2, -0.15) is 0 Å². The van der Waals surface area contributed by atoms with E-state index in [0.29, 0.717) is 12.4 Å². The molecule has 0 spiro atoms. The molecule has 1 aliphatic rings. The molecule has 0 amide bonds. The number of thioether (sulfide) groups is 1. The number of rotatable bonds is 5. The highest BCUT2D eigenvalue weighted by molar-refractivity contribution is 8.00. The van der Waals surface area contributed by atoms with Gasteiger partial charge in [-0.25, -0.2) is 0 Å². The van der Waals surface area contributed by atoms with Crippen molar-refractivity contribution in [2.75, 3.05) is 19.5 Å². The van der Waals surface area contributed by atoms with Crippen LogP contribution in [0.25, 0.3) is 0 Å². The molecule has 0 aromatic heterocycles. The lowest BCUT2D eigenvalue weighted by Crippen LogP contribution is -2.03. The fraction of sp³-hybridized carbons (Fsp3) is 0.235. The molecular formula is C17H16O3S. The molecule has 0 fully saturated rings. The molecule has 1 heterocycles. The average Bonchev–Trinajstić information content (AvgIpc) is 3.00. The number of fused-ring (bicyclic) bond motifs is 1. The molecule has 0 atom stereocenters. The zero-order valence-electron chi connectivity index (χ0n) is 11.8. The Bertz CT molecular complexity index is 667. The summed E-state index contributed by atoms with van der Waals surface area (Å²) in [5.74, 6) is 2.24. The smallest absolute Gasteiger partial charge is 0.173 e. The highest BCUT2D eigenvalue weighted by atomic mass is 32.2. The summed E-state index contributed by atoms with van der Waals surface area (Å²) in [5.41, 5.74) is 1.88. The monoisotopic (exact) mass is 300 g/mol. The molecule has 0 radical (unpaired) electrons. The molecule has 0 unspecified atom stereocenters. The SMILES string of the molecule is COc1ccccc1SCC(=O)c1ccc2c(c1)CCO2. The van der Waals surface area contributed by atoms with Crippen LogP contribution in [0.5, 0.6) is 11.5 Å². The van der Waals surface area contributed by atoms with Gasteiger partial charge in [-0.1, -0.05) is 12.1 Å². The number of Topliss-reactive ketones (excluding diaryl/α,β-unsaturated/α-hetero) is 1. The number of benzene rings is 2. The summed E-state index contributed by atoms with van der Waals surface area (Å²) in [5, 5.41) is 0. The van der Waals surface area contributed by atoms with Crippen molar-refractivity contribution >= 4 is 17.5 Å². The lowest BCUT2D eigenvalue weighted by molar-refractivity contribution is 0.102.